The van der Waals surface area contributed by atoms with E-state index >= 15 is 0 Å². The second-order valence-corrected chi connectivity index (χ2v) is 8.65. The van der Waals surface area contributed by atoms with E-state index in [1.165, 1.54) is 24.1 Å². The van der Waals surface area contributed by atoms with Gasteiger partial charge in [-0.1, -0.05) is 25.5 Å². The number of thioether (sulfide) groups is 1. The maximum Gasteiger partial charge on any atom is 0.283 e. The molecule has 0 bridgehead atoms. The number of nitro benzene ring substituents is 1. The van der Waals surface area contributed by atoms with Gasteiger partial charge in [0.25, 0.3) is 5.69 Å². The van der Waals surface area contributed by atoms with E-state index in [-0.39, 0.29) is 15.9 Å². The molecule has 2 aromatic rings. The lowest BCUT2D eigenvalue weighted by atomic mass is 10.1. The predicted molar refractivity (Wildman–Crippen MR) is 105 cm³/mol. The molecule has 6 heteroatoms. The fraction of sp³-hybridized carbons (Fsp3) is 0.474. The Hall–Kier alpha value is -1.37. The molecule has 1 aromatic heterocycles. The van der Waals surface area contributed by atoms with Crippen molar-refractivity contribution < 1.29 is 4.92 Å². The summed E-state index contributed by atoms with van der Waals surface area (Å²) in [4.78, 5) is 15.8. The molecule has 0 N–H and O–H groups in total. The zero-order valence-electron chi connectivity index (χ0n) is 14.5. The van der Waals surface area contributed by atoms with Gasteiger partial charge in [-0.25, -0.2) is 0 Å². The summed E-state index contributed by atoms with van der Waals surface area (Å²) < 4.78 is 0. The Kier molecular flexibility index (Phi) is 6.51. The molecule has 1 atom stereocenters. The predicted octanol–water partition coefficient (Wildman–Crippen LogP) is 5.89. The molecule has 0 saturated carbocycles. The van der Waals surface area contributed by atoms with Crippen molar-refractivity contribution in [3.63, 3.8) is 0 Å². The highest BCUT2D eigenvalue weighted by Gasteiger charge is 2.21. The van der Waals surface area contributed by atoms with Crippen LogP contribution >= 0.6 is 23.1 Å². The summed E-state index contributed by atoms with van der Waals surface area (Å²) in [6.07, 6.45) is 4.72. The molecule has 2 heterocycles. The fourth-order valence-electron chi connectivity index (χ4n) is 3.25. The number of hydrogen-bond acceptors (Lipinski definition) is 5. The Morgan fingerprint density at radius 3 is 2.72 bits per heavy atom. The largest absolute Gasteiger partial charge is 0.299 e. The number of rotatable bonds is 7. The highest BCUT2D eigenvalue weighted by molar-refractivity contribution is 7.99. The zero-order valence-corrected chi connectivity index (χ0v) is 16.2. The van der Waals surface area contributed by atoms with E-state index in [0.717, 1.165) is 36.5 Å². The molecule has 1 unspecified atom stereocenters. The number of benzene rings is 1. The third-order valence-electron chi connectivity index (χ3n) is 4.58. The van der Waals surface area contributed by atoms with E-state index in [4.69, 9.17) is 0 Å². The average molecular weight is 377 g/mol. The zero-order chi connectivity index (χ0) is 17.6. The van der Waals surface area contributed by atoms with Crippen LogP contribution in [0, 0.1) is 10.1 Å². The first kappa shape index (κ1) is 18.4. The number of nitro groups is 1. The molecule has 3 rings (SSSR count). The van der Waals surface area contributed by atoms with Gasteiger partial charge in [0.2, 0.25) is 0 Å². The Morgan fingerprint density at radius 2 is 2.08 bits per heavy atom. The second-order valence-electron chi connectivity index (χ2n) is 6.43. The molecule has 0 aliphatic carbocycles. The Bertz CT molecular complexity index is 697. The molecule has 4 nitrogen and oxygen atoms in total. The third-order valence-corrected chi connectivity index (χ3v) is 7.18. The first-order valence-electron chi connectivity index (χ1n) is 8.87. The van der Waals surface area contributed by atoms with Gasteiger partial charge in [0.1, 0.15) is 0 Å². The third kappa shape index (κ3) is 4.84. The molecule has 1 aromatic carbocycles. The molecular formula is C19H24N2O2S2. The van der Waals surface area contributed by atoms with Gasteiger partial charge in [-0.3, -0.25) is 15.0 Å². The summed E-state index contributed by atoms with van der Waals surface area (Å²) >= 11 is 3.33. The van der Waals surface area contributed by atoms with E-state index in [9.17, 15) is 10.1 Å². The molecule has 134 valence electrons. The van der Waals surface area contributed by atoms with Gasteiger partial charge in [-0.05, 0) is 55.4 Å². The van der Waals surface area contributed by atoms with Crippen LogP contribution in [0.25, 0.3) is 0 Å². The number of piperidine rings is 1. The van der Waals surface area contributed by atoms with Crippen LogP contribution in [-0.2, 0) is 6.54 Å². The topological polar surface area (TPSA) is 46.4 Å². The van der Waals surface area contributed by atoms with Gasteiger partial charge in [-0.15, -0.1) is 23.1 Å². The smallest absolute Gasteiger partial charge is 0.283 e. The standard InChI is InChI=1S/C19H24N2O2S2/c1-2-17(19-7-6-12-24-19)25-18-9-8-15(13-16(18)21(22)23)14-20-10-4-3-5-11-20/h6-9,12-13,17H,2-5,10-11,14H2,1H3. The maximum absolute atomic E-state index is 11.6. The van der Waals surface area contributed by atoms with Crippen LogP contribution in [0.2, 0.25) is 0 Å². The molecule has 1 saturated heterocycles. The van der Waals surface area contributed by atoms with Gasteiger partial charge in [-0.2, -0.15) is 0 Å². The van der Waals surface area contributed by atoms with Gasteiger partial charge in [0, 0.05) is 22.7 Å². The summed E-state index contributed by atoms with van der Waals surface area (Å²) in [6.45, 7) is 5.14. The summed E-state index contributed by atoms with van der Waals surface area (Å²) in [5.74, 6) is 0. The van der Waals surface area contributed by atoms with Crippen molar-refractivity contribution in [1.29, 1.82) is 0 Å². The van der Waals surface area contributed by atoms with Gasteiger partial charge in [0.05, 0.1) is 9.82 Å². The maximum atomic E-state index is 11.6. The van der Waals surface area contributed by atoms with Gasteiger partial charge < -0.3 is 0 Å². The van der Waals surface area contributed by atoms with E-state index < -0.39 is 0 Å². The minimum absolute atomic E-state index is 0.233. The van der Waals surface area contributed by atoms with E-state index in [2.05, 4.69) is 29.3 Å². The highest BCUT2D eigenvalue weighted by Crippen LogP contribution is 2.43. The molecule has 1 aliphatic heterocycles. The van der Waals surface area contributed by atoms with Crippen LogP contribution in [0.5, 0.6) is 0 Å². The van der Waals surface area contributed by atoms with Crippen molar-refractivity contribution in [3.05, 3.63) is 56.3 Å². The van der Waals surface area contributed by atoms with Crippen LogP contribution < -0.4 is 0 Å². The molecule has 1 aliphatic rings. The van der Waals surface area contributed by atoms with Crippen LogP contribution in [-0.4, -0.2) is 22.9 Å². The minimum atomic E-state index is -0.233. The molecule has 0 radical (unpaired) electrons. The Labute approximate surface area is 157 Å². The monoisotopic (exact) mass is 376 g/mol. The van der Waals surface area contributed by atoms with Crippen LogP contribution in [0.3, 0.4) is 0 Å². The lowest BCUT2D eigenvalue weighted by Gasteiger charge is -2.26. The minimum Gasteiger partial charge on any atom is -0.299 e. The van der Waals surface area contributed by atoms with Crippen molar-refractivity contribution in [1.82, 2.24) is 4.90 Å². The van der Waals surface area contributed by atoms with Crippen LogP contribution in [0.15, 0.2) is 40.6 Å². The van der Waals surface area contributed by atoms with Crippen molar-refractivity contribution >= 4 is 28.8 Å². The SMILES string of the molecule is CCC(Sc1ccc(CN2CCCCC2)cc1[N+](=O)[O-])c1cccs1. The lowest BCUT2D eigenvalue weighted by molar-refractivity contribution is -0.387. The van der Waals surface area contributed by atoms with Crippen molar-refractivity contribution in [2.75, 3.05) is 13.1 Å². The summed E-state index contributed by atoms with van der Waals surface area (Å²) in [5.41, 5.74) is 1.29. The lowest BCUT2D eigenvalue weighted by Crippen LogP contribution is -2.29. The quantitative estimate of drug-likeness (QED) is 0.344. The van der Waals surface area contributed by atoms with Crippen LogP contribution in [0.4, 0.5) is 5.69 Å². The number of likely N-dealkylation sites (tertiary alicyclic amines) is 1. The van der Waals surface area contributed by atoms with Gasteiger partial charge in [0.15, 0.2) is 0 Å². The summed E-state index contributed by atoms with van der Waals surface area (Å²) in [7, 11) is 0. The number of hydrogen-bond donors (Lipinski definition) is 0. The fourth-order valence-corrected chi connectivity index (χ4v) is 5.42. The first-order valence-corrected chi connectivity index (χ1v) is 10.6. The first-order chi connectivity index (χ1) is 12.2. The number of nitrogens with zero attached hydrogens (tertiary/aromatic N) is 2. The Morgan fingerprint density at radius 1 is 1.28 bits per heavy atom. The molecular weight excluding hydrogens is 352 g/mol. The molecule has 0 spiro atoms. The second kappa shape index (κ2) is 8.83. The van der Waals surface area contributed by atoms with Crippen LogP contribution in [0.1, 0.15) is 48.3 Å². The summed E-state index contributed by atoms with van der Waals surface area (Å²) in [5, 5.41) is 13.9. The number of thiophene rings is 1. The van der Waals surface area contributed by atoms with Gasteiger partial charge >= 0.3 is 0 Å². The molecule has 0 amide bonds. The molecule has 1 fully saturated rings. The van der Waals surface area contributed by atoms with E-state index in [0.29, 0.717) is 0 Å². The summed E-state index contributed by atoms with van der Waals surface area (Å²) in [6, 6.07) is 9.93. The van der Waals surface area contributed by atoms with E-state index in [1.807, 2.05) is 12.1 Å². The molecule has 25 heavy (non-hydrogen) atoms. The normalized spacial score (nSPS) is 16.7. The van der Waals surface area contributed by atoms with Crippen molar-refractivity contribution in [2.24, 2.45) is 0 Å². The van der Waals surface area contributed by atoms with Crippen molar-refractivity contribution in [3.8, 4) is 0 Å². The van der Waals surface area contributed by atoms with Crippen molar-refractivity contribution in [2.45, 2.75) is 49.3 Å². The average Bonchev–Trinajstić information content (AvgIpc) is 3.15. The van der Waals surface area contributed by atoms with E-state index in [1.54, 1.807) is 29.2 Å². The Balaban J connectivity index is 1.78. The highest BCUT2D eigenvalue weighted by atomic mass is 32.2.